The molecule has 2 rings (SSSR count). The van der Waals surface area contributed by atoms with Crippen LogP contribution in [-0.4, -0.2) is 6.29 Å². The Hall–Kier alpha value is -0.700. The number of benzene rings is 1. The van der Waals surface area contributed by atoms with Crippen LogP contribution in [0.25, 0.3) is 0 Å². The van der Waals surface area contributed by atoms with E-state index < -0.39 is 10.9 Å². The van der Waals surface area contributed by atoms with Crippen LogP contribution in [0.15, 0.2) is 45.6 Å². The first-order valence-electron chi connectivity index (χ1n) is 4.31. The summed E-state index contributed by atoms with van der Waals surface area (Å²) in [5, 5.41) is 3.07. The summed E-state index contributed by atoms with van der Waals surface area (Å²) in [5.74, 6) is 0. The van der Waals surface area contributed by atoms with Gasteiger partial charge in [0, 0.05) is 9.80 Å². The van der Waals surface area contributed by atoms with Gasteiger partial charge in [0.05, 0.1) is 10.0 Å². The van der Waals surface area contributed by atoms with E-state index in [2.05, 4.69) is 0 Å². The standard InChI is InChI=1S/C11H8Cl2OS/c12-9-4-1-5-10(11(9)13)15-6-2-3-8(15)7-14/h1-7,15H. The van der Waals surface area contributed by atoms with Gasteiger partial charge in [-0.05, 0) is 23.6 Å². The predicted octanol–water partition coefficient (Wildman–Crippen LogP) is 3.96. The molecule has 0 N–H and O–H groups in total. The van der Waals surface area contributed by atoms with Crippen molar-refractivity contribution in [2.45, 2.75) is 4.90 Å². The minimum Gasteiger partial charge on any atom is -0.297 e. The summed E-state index contributed by atoms with van der Waals surface area (Å²) >= 11 is 12.0. The first kappa shape index (κ1) is 10.8. The molecule has 0 amide bonds. The van der Waals surface area contributed by atoms with Crippen molar-refractivity contribution in [1.29, 1.82) is 0 Å². The first-order chi connectivity index (χ1) is 7.24. The van der Waals surface area contributed by atoms with Gasteiger partial charge in [-0.1, -0.05) is 35.3 Å². The highest BCUT2D eigenvalue weighted by Gasteiger charge is 2.16. The molecule has 1 nitrogen and oxygen atoms in total. The van der Waals surface area contributed by atoms with E-state index >= 15 is 0 Å². The Morgan fingerprint density at radius 2 is 2.07 bits per heavy atom. The van der Waals surface area contributed by atoms with Gasteiger partial charge in [-0.15, -0.1) is 0 Å². The fourth-order valence-corrected chi connectivity index (χ4v) is 3.84. The molecule has 0 aliphatic carbocycles. The third-order valence-corrected chi connectivity index (χ3v) is 5.22. The summed E-state index contributed by atoms with van der Waals surface area (Å²) in [4.78, 5) is 12.5. The second kappa shape index (κ2) is 4.44. The average Bonchev–Trinajstić information content (AvgIpc) is 2.70. The van der Waals surface area contributed by atoms with Crippen molar-refractivity contribution in [3.05, 3.63) is 50.7 Å². The first-order valence-corrected chi connectivity index (χ1v) is 6.47. The molecule has 0 saturated carbocycles. The van der Waals surface area contributed by atoms with Crippen LogP contribution in [0.4, 0.5) is 0 Å². The lowest BCUT2D eigenvalue weighted by molar-refractivity contribution is -0.104. The maximum absolute atomic E-state index is 10.8. The number of rotatable bonds is 2. The topological polar surface area (TPSA) is 17.1 Å². The molecule has 0 saturated heterocycles. The normalized spacial score (nSPS) is 21.5. The lowest BCUT2D eigenvalue weighted by atomic mass is 10.4. The van der Waals surface area contributed by atoms with Crippen molar-refractivity contribution in [1.82, 2.24) is 0 Å². The smallest absolute Gasteiger partial charge is 0.155 e. The summed E-state index contributed by atoms with van der Waals surface area (Å²) in [6.07, 6.45) is 4.57. The molecule has 1 aliphatic rings. The largest absolute Gasteiger partial charge is 0.297 e. The second-order valence-electron chi connectivity index (χ2n) is 2.99. The fraction of sp³-hybridized carbons (Fsp3) is 0. The average molecular weight is 259 g/mol. The van der Waals surface area contributed by atoms with Crippen molar-refractivity contribution < 1.29 is 4.79 Å². The quantitative estimate of drug-likeness (QED) is 0.628. The van der Waals surface area contributed by atoms with Gasteiger partial charge in [0.2, 0.25) is 0 Å². The Balaban J connectivity index is 2.47. The zero-order valence-electron chi connectivity index (χ0n) is 7.65. The van der Waals surface area contributed by atoms with Crippen molar-refractivity contribution in [2.75, 3.05) is 0 Å². The molecule has 0 fully saturated rings. The summed E-state index contributed by atoms with van der Waals surface area (Å²) in [6.45, 7) is 0. The Kier molecular flexibility index (Phi) is 3.19. The predicted molar refractivity (Wildman–Crippen MR) is 67.0 cm³/mol. The highest BCUT2D eigenvalue weighted by atomic mass is 35.5. The fourth-order valence-electron chi connectivity index (χ4n) is 1.39. The SMILES string of the molecule is O=CC1=CC=C[SH]1c1cccc(Cl)c1Cl. The van der Waals surface area contributed by atoms with Gasteiger partial charge in [0.15, 0.2) is 6.29 Å². The lowest BCUT2D eigenvalue weighted by Gasteiger charge is -2.16. The monoisotopic (exact) mass is 258 g/mol. The van der Waals surface area contributed by atoms with Gasteiger partial charge >= 0.3 is 0 Å². The maximum Gasteiger partial charge on any atom is 0.155 e. The molecular formula is C11H8Cl2OS. The molecule has 1 atom stereocenters. The third kappa shape index (κ3) is 1.98. The molecule has 0 bridgehead atoms. The number of thiol groups is 1. The molecule has 0 radical (unpaired) electrons. The molecule has 0 spiro atoms. The summed E-state index contributed by atoms with van der Waals surface area (Å²) in [6, 6.07) is 5.50. The van der Waals surface area contributed by atoms with Crippen molar-refractivity contribution in [3.8, 4) is 0 Å². The van der Waals surface area contributed by atoms with Crippen LogP contribution in [0.1, 0.15) is 0 Å². The van der Waals surface area contributed by atoms with Crippen molar-refractivity contribution in [3.63, 3.8) is 0 Å². The molecule has 1 aliphatic heterocycles. The zero-order chi connectivity index (χ0) is 10.8. The zero-order valence-corrected chi connectivity index (χ0v) is 10.1. The van der Waals surface area contributed by atoms with Crippen LogP contribution < -0.4 is 0 Å². The molecule has 1 aromatic rings. The Morgan fingerprint density at radius 3 is 2.80 bits per heavy atom. The molecule has 1 unspecified atom stereocenters. The molecule has 4 heteroatoms. The van der Waals surface area contributed by atoms with E-state index in [4.69, 9.17) is 23.2 Å². The van der Waals surface area contributed by atoms with Crippen LogP contribution in [-0.2, 0) is 4.79 Å². The highest BCUT2D eigenvalue weighted by Crippen LogP contribution is 2.51. The lowest BCUT2D eigenvalue weighted by Crippen LogP contribution is -1.86. The Morgan fingerprint density at radius 1 is 1.27 bits per heavy atom. The van der Waals surface area contributed by atoms with Gasteiger partial charge in [-0.3, -0.25) is 4.79 Å². The molecule has 78 valence electrons. The van der Waals surface area contributed by atoms with E-state index in [1.165, 1.54) is 0 Å². The molecule has 0 aromatic heterocycles. The number of carbonyl (C=O) groups excluding carboxylic acids is 1. The van der Waals surface area contributed by atoms with Gasteiger partial charge in [-0.25, -0.2) is 0 Å². The minimum absolute atomic E-state index is 0.530. The van der Waals surface area contributed by atoms with E-state index in [9.17, 15) is 4.79 Å². The maximum atomic E-state index is 10.8. The summed E-state index contributed by atoms with van der Waals surface area (Å²) in [5.41, 5.74) is 0. The Labute approximate surface area is 101 Å². The summed E-state index contributed by atoms with van der Waals surface area (Å²) < 4.78 is 0. The number of allylic oxidation sites excluding steroid dienone is 3. The van der Waals surface area contributed by atoms with Crippen LogP contribution in [0.3, 0.4) is 0 Å². The van der Waals surface area contributed by atoms with Crippen molar-refractivity contribution >= 4 is 40.4 Å². The van der Waals surface area contributed by atoms with Gasteiger partial charge in [0.1, 0.15) is 0 Å². The number of carbonyl (C=O) groups is 1. The van der Waals surface area contributed by atoms with Crippen LogP contribution in [0.5, 0.6) is 0 Å². The van der Waals surface area contributed by atoms with Crippen molar-refractivity contribution in [2.24, 2.45) is 0 Å². The Bertz CT molecular complexity index is 466. The van der Waals surface area contributed by atoms with E-state index in [0.717, 1.165) is 16.1 Å². The number of aldehydes is 1. The highest BCUT2D eigenvalue weighted by molar-refractivity contribution is 8.23. The molecule has 15 heavy (non-hydrogen) atoms. The van der Waals surface area contributed by atoms with Gasteiger partial charge in [0.25, 0.3) is 0 Å². The van der Waals surface area contributed by atoms with Gasteiger partial charge < -0.3 is 0 Å². The molecular weight excluding hydrogens is 251 g/mol. The van der Waals surface area contributed by atoms with E-state index in [0.29, 0.717) is 10.0 Å². The van der Waals surface area contributed by atoms with E-state index in [-0.39, 0.29) is 0 Å². The number of halogens is 2. The summed E-state index contributed by atoms with van der Waals surface area (Å²) in [7, 11) is -0.745. The third-order valence-electron chi connectivity index (χ3n) is 2.09. The van der Waals surface area contributed by atoms with Crippen LogP contribution >= 0.6 is 34.1 Å². The minimum atomic E-state index is -0.745. The van der Waals surface area contributed by atoms with E-state index in [1.54, 1.807) is 6.07 Å². The number of hydrogen-bond acceptors (Lipinski definition) is 1. The van der Waals surface area contributed by atoms with Crippen LogP contribution in [0, 0.1) is 0 Å². The number of hydrogen-bond donors (Lipinski definition) is 1. The molecule has 1 aromatic carbocycles. The van der Waals surface area contributed by atoms with E-state index in [1.807, 2.05) is 29.7 Å². The van der Waals surface area contributed by atoms with Gasteiger partial charge in [-0.2, -0.15) is 10.9 Å². The van der Waals surface area contributed by atoms with Crippen LogP contribution in [0.2, 0.25) is 10.0 Å². The molecule has 1 heterocycles. The second-order valence-corrected chi connectivity index (χ2v) is 5.82.